The number of amides is 1. The molecule has 32 heavy (non-hydrogen) atoms. The molecular weight excluding hydrogens is 494 g/mol. The van der Waals surface area contributed by atoms with E-state index in [9.17, 15) is 24.2 Å². The number of aliphatic hydroxyl groups is 1. The van der Waals surface area contributed by atoms with Crippen molar-refractivity contribution in [3.63, 3.8) is 0 Å². The number of imidazole rings is 1. The number of hydrogen-bond donors (Lipinski definition) is 7. The summed E-state index contributed by atoms with van der Waals surface area (Å²) in [4.78, 5) is 61.3. The van der Waals surface area contributed by atoms with Crippen molar-refractivity contribution in [2.75, 3.05) is 18.9 Å². The summed E-state index contributed by atoms with van der Waals surface area (Å²) in [6, 6.07) is 0. The summed E-state index contributed by atoms with van der Waals surface area (Å²) >= 11 is 4.15. The lowest BCUT2D eigenvalue weighted by atomic mass is 9.98. The number of carbonyl (C=O) groups is 1. The molecular formula is C13H20N6O10P2S. The Balaban J connectivity index is 1.87. The fourth-order valence-electron chi connectivity index (χ4n) is 3.15. The summed E-state index contributed by atoms with van der Waals surface area (Å²) in [5.74, 6) is -1.48. The number of hydrogen-bond acceptors (Lipinski definition) is 11. The third kappa shape index (κ3) is 5.77. The lowest BCUT2D eigenvalue weighted by Crippen LogP contribution is -2.38. The molecule has 0 spiro atoms. The molecule has 178 valence electrons. The zero-order valence-electron chi connectivity index (χ0n) is 16.3. The molecule has 0 aromatic carbocycles. The second-order valence-electron chi connectivity index (χ2n) is 6.77. The normalized spacial score (nSPS) is 25.7. The number of aromatic amines is 1. The highest BCUT2D eigenvalue weighted by molar-refractivity contribution is 8.08. The first-order valence-electron chi connectivity index (χ1n) is 8.82. The summed E-state index contributed by atoms with van der Waals surface area (Å²) < 4.78 is 27.7. The maximum atomic E-state index is 12.0. The van der Waals surface area contributed by atoms with Crippen LogP contribution in [0.3, 0.4) is 0 Å². The number of aromatic nitrogens is 4. The van der Waals surface area contributed by atoms with Crippen molar-refractivity contribution in [2.45, 2.75) is 25.4 Å². The number of carbonyl (C=O) groups excluding carboxylic acids is 1. The van der Waals surface area contributed by atoms with Crippen LogP contribution in [-0.4, -0.2) is 70.6 Å². The van der Waals surface area contributed by atoms with E-state index in [1.807, 2.05) is 0 Å². The Labute approximate surface area is 184 Å². The maximum absolute atomic E-state index is 12.0. The van der Waals surface area contributed by atoms with E-state index in [-0.39, 0.29) is 23.7 Å². The van der Waals surface area contributed by atoms with E-state index in [0.29, 0.717) is 0 Å². The van der Waals surface area contributed by atoms with E-state index in [0.717, 1.165) is 0 Å². The summed E-state index contributed by atoms with van der Waals surface area (Å²) in [5.41, 5.74) is 4.89. The van der Waals surface area contributed by atoms with Crippen molar-refractivity contribution < 1.29 is 42.7 Å². The molecule has 19 heteroatoms. The number of fused-ring (bicyclic) bond motifs is 1. The molecule has 0 aliphatic carbocycles. The largest absolute Gasteiger partial charge is 0.479 e. The van der Waals surface area contributed by atoms with E-state index in [1.54, 1.807) is 0 Å². The number of ether oxygens (including phenoxy) is 1. The summed E-state index contributed by atoms with van der Waals surface area (Å²) in [5, 5.41) is 13.3. The first-order valence-corrected chi connectivity index (χ1v) is 12.9. The van der Waals surface area contributed by atoms with Crippen LogP contribution >= 0.6 is 14.5 Å². The molecule has 0 radical (unpaired) electrons. The van der Waals surface area contributed by atoms with Crippen molar-refractivity contribution in [1.29, 1.82) is 0 Å². The second kappa shape index (κ2) is 9.23. The number of nitrogens with two attached hydrogens (primary N) is 1. The minimum Gasteiger partial charge on any atom is -0.388 e. The Hall–Kier alpha value is -1.78. The van der Waals surface area contributed by atoms with Crippen LogP contribution in [0.25, 0.3) is 11.2 Å². The molecule has 1 amide bonds. The predicted octanol–water partition coefficient (Wildman–Crippen LogP) is -1.94. The van der Waals surface area contributed by atoms with E-state index < -0.39 is 57.0 Å². The van der Waals surface area contributed by atoms with Crippen LogP contribution in [0.5, 0.6) is 0 Å². The van der Waals surface area contributed by atoms with Crippen molar-refractivity contribution in [3.8, 4) is 0 Å². The van der Waals surface area contributed by atoms with Crippen molar-refractivity contribution in [3.05, 3.63) is 16.7 Å². The van der Waals surface area contributed by atoms with E-state index >= 15 is 0 Å². The number of rotatable bonds is 8. The maximum Gasteiger partial charge on any atom is 0.479 e. The van der Waals surface area contributed by atoms with Gasteiger partial charge in [-0.1, -0.05) is 0 Å². The van der Waals surface area contributed by atoms with Crippen LogP contribution in [0.15, 0.2) is 11.1 Å². The summed E-state index contributed by atoms with van der Waals surface area (Å²) in [7, 11) is -4.98. The molecule has 5 atom stereocenters. The number of anilines is 1. The molecule has 0 bridgehead atoms. The quantitative estimate of drug-likeness (QED) is 0.189. The molecule has 3 rings (SSSR count). The van der Waals surface area contributed by atoms with Gasteiger partial charge in [0.1, 0.15) is 6.10 Å². The Morgan fingerprint density at radius 3 is 2.78 bits per heavy atom. The molecule has 2 aromatic rings. The van der Waals surface area contributed by atoms with E-state index in [4.69, 9.17) is 24.8 Å². The number of nitrogens with zero attached hydrogens (tertiary/aromatic N) is 3. The monoisotopic (exact) mass is 514 g/mol. The Morgan fingerprint density at radius 2 is 2.16 bits per heavy atom. The fraction of sp³-hybridized carbons (Fsp3) is 0.538. The molecule has 1 unspecified atom stereocenters. The zero-order chi connectivity index (χ0) is 23.8. The number of nitrogen functional groups attached to an aromatic ring is 1. The van der Waals surface area contributed by atoms with Crippen molar-refractivity contribution >= 4 is 49.4 Å². The molecule has 16 nitrogen and oxygen atoms in total. The second-order valence-corrected chi connectivity index (χ2v) is 11.0. The number of phosphoric ester groups is 1. The van der Waals surface area contributed by atoms with Crippen LogP contribution in [0.1, 0.15) is 13.2 Å². The van der Waals surface area contributed by atoms with Gasteiger partial charge in [-0.15, -0.1) is 0 Å². The molecule has 1 aliphatic heterocycles. The van der Waals surface area contributed by atoms with Gasteiger partial charge in [-0.25, -0.2) is 13.9 Å². The van der Waals surface area contributed by atoms with Crippen LogP contribution in [0, 0.1) is 5.92 Å². The molecule has 1 fully saturated rings. The van der Waals surface area contributed by atoms with E-state index in [2.05, 4.69) is 36.4 Å². The number of aliphatic hydroxyl groups excluding tert-OH is 1. The molecule has 2 aromatic heterocycles. The fourth-order valence-corrected chi connectivity index (χ4v) is 5.51. The van der Waals surface area contributed by atoms with E-state index in [1.165, 1.54) is 17.8 Å². The van der Waals surface area contributed by atoms with Crippen LogP contribution < -0.4 is 16.6 Å². The zero-order valence-corrected chi connectivity index (χ0v) is 18.9. The number of H-pyrrole nitrogens is 1. The first kappa shape index (κ1) is 24.9. The van der Waals surface area contributed by atoms with Crippen LogP contribution in [0.2, 0.25) is 0 Å². The molecule has 1 saturated heterocycles. The number of nitrogens with one attached hydrogen (secondary N) is 2. The highest BCUT2D eigenvalue weighted by atomic mass is 32.5. The molecule has 0 saturated carbocycles. The highest BCUT2D eigenvalue weighted by Crippen LogP contribution is 2.58. The van der Waals surface area contributed by atoms with Gasteiger partial charge in [0.2, 0.25) is 11.9 Å². The van der Waals surface area contributed by atoms with Gasteiger partial charge < -0.3 is 35.6 Å². The van der Waals surface area contributed by atoms with Crippen molar-refractivity contribution in [1.82, 2.24) is 24.8 Å². The topological polar surface area (TPSA) is 244 Å². The van der Waals surface area contributed by atoms with Crippen LogP contribution in [0.4, 0.5) is 5.95 Å². The Bertz CT molecular complexity index is 1170. The Kier molecular flexibility index (Phi) is 7.17. The Morgan fingerprint density at radius 1 is 1.47 bits per heavy atom. The summed E-state index contributed by atoms with van der Waals surface area (Å²) in [6.45, 7) is -4.03. The minimum absolute atomic E-state index is 0.00700. The van der Waals surface area contributed by atoms with Gasteiger partial charge in [-0.3, -0.25) is 23.7 Å². The van der Waals surface area contributed by atoms with Gasteiger partial charge in [0, 0.05) is 19.4 Å². The van der Waals surface area contributed by atoms with Gasteiger partial charge in [0.15, 0.2) is 17.4 Å². The summed E-state index contributed by atoms with van der Waals surface area (Å²) in [6.07, 6.45) is -2.43. The molecule has 3 heterocycles. The minimum atomic E-state index is -4.98. The first-order chi connectivity index (χ1) is 14.8. The third-order valence-electron chi connectivity index (χ3n) is 4.45. The van der Waals surface area contributed by atoms with Gasteiger partial charge >= 0.3 is 14.5 Å². The number of phosphoric acid groups is 1. The van der Waals surface area contributed by atoms with Gasteiger partial charge in [-0.05, 0) is 11.8 Å². The lowest BCUT2D eigenvalue weighted by Gasteiger charge is -2.21. The van der Waals surface area contributed by atoms with Gasteiger partial charge in [-0.2, -0.15) is 4.98 Å². The average Bonchev–Trinajstić information content (AvgIpc) is 3.17. The lowest BCUT2D eigenvalue weighted by molar-refractivity contribution is -0.119. The third-order valence-corrected chi connectivity index (χ3v) is 7.20. The predicted molar refractivity (Wildman–Crippen MR) is 110 cm³/mol. The highest BCUT2D eigenvalue weighted by Gasteiger charge is 2.46. The molecule has 8 N–H and O–H groups in total. The SMILES string of the molecule is CC(=O)NC[C@H]1[C@@H](O)[C@H](n2cnc3c(=O)[nH]c(N)nc32)O[C@@H]1COP(=O)(O)OP(O)(O)=S. The molecule has 1 aliphatic rings. The standard InChI is InChI=1S/C13H20N6O10P2S/c1-5(20)15-2-6-7(3-27-30(23,24)29-31(25,26)32)28-12(9(6)21)19-4-16-8-10(19)17-13(14)18-11(8)22/h4,6-7,9,12,21H,2-3H2,1H3,(H,15,20)(H,23,24)(H2,25,26,32)(H3,14,17,18,22)/t6-,7-,9-,12-/m1/s1. The van der Waals surface area contributed by atoms with Crippen molar-refractivity contribution in [2.24, 2.45) is 5.92 Å². The average molecular weight is 514 g/mol. The smallest absolute Gasteiger partial charge is 0.388 e. The van der Waals surface area contributed by atoms with Gasteiger partial charge in [0.25, 0.3) is 5.56 Å². The van der Waals surface area contributed by atoms with Crippen LogP contribution in [-0.2, 0) is 34.7 Å². The van der Waals surface area contributed by atoms with Gasteiger partial charge in [0.05, 0.1) is 19.0 Å².